The lowest BCUT2D eigenvalue weighted by atomic mass is 10.0. The summed E-state index contributed by atoms with van der Waals surface area (Å²) in [5.74, 6) is 0. The van der Waals surface area contributed by atoms with E-state index in [-0.39, 0.29) is 5.54 Å². The Morgan fingerprint density at radius 1 is 1.50 bits per heavy atom. The van der Waals surface area contributed by atoms with Gasteiger partial charge in [-0.2, -0.15) is 0 Å². The molecule has 0 fully saturated rings. The molecule has 0 aromatic rings. The third-order valence-electron chi connectivity index (χ3n) is 1.72. The van der Waals surface area contributed by atoms with Crippen molar-refractivity contribution in [1.29, 1.82) is 0 Å². The molecule has 0 saturated heterocycles. The smallest absolute Gasteiger partial charge is 0.0249 e. The van der Waals surface area contributed by atoms with E-state index in [1.165, 1.54) is 0 Å². The van der Waals surface area contributed by atoms with Gasteiger partial charge in [0, 0.05) is 18.1 Å². The van der Waals surface area contributed by atoms with Crippen LogP contribution in [0.4, 0.5) is 0 Å². The zero-order chi connectivity index (χ0) is 8.20. The van der Waals surface area contributed by atoms with E-state index in [0.29, 0.717) is 6.04 Å². The van der Waals surface area contributed by atoms with Crippen LogP contribution in [0.2, 0.25) is 0 Å². The number of nitrogens with one attached hydrogen (secondary N) is 1. The summed E-state index contributed by atoms with van der Waals surface area (Å²) in [6, 6.07) is 0.537. The van der Waals surface area contributed by atoms with Gasteiger partial charge in [0.15, 0.2) is 0 Å². The van der Waals surface area contributed by atoms with E-state index in [0.717, 1.165) is 13.0 Å². The molecule has 3 N–H and O–H groups in total. The lowest BCUT2D eigenvalue weighted by Crippen LogP contribution is -2.47. The van der Waals surface area contributed by atoms with Gasteiger partial charge in [0.25, 0.3) is 0 Å². The first-order valence-corrected chi connectivity index (χ1v) is 4.00. The Hall–Kier alpha value is -0.0800. The van der Waals surface area contributed by atoms with Crippen molar-refractivity contribution in [3.05, 3.63) is 0 Å². The van der Waals surface area contributed by atoms with Crippen molar-refractivity contribution in [3.8, 4) is 0 Å². The summed E-state index contributed by atoms with van der Waals surface area (Å²) < 4.78 is 0. The second-order valence-electron chi connectivity index (χ2n) is 3.54. The van der Waals surface area contributed by atoms with Crippen molar-refractivity contribution < 1.29 is 0 Å². The molecule has 0 heterocycles. The molecule has 0 aliphatic heterocycles. The van der Waals surface area contributed by atoms with E-state index in [2.05, 4.69) is 33.0 Å². The molecule has 0 amide bonds. The quantitative estimate of drug-likeness (QED) is 0.620. The Morgan fingerprint density at radius 2 is 2.00 bits per heavy atom. The van der Waals surface area contributed by atoms with Gasteiger partial charge in [-0.15, -0.1) is 0 Å². The highest BCUT2D eigenvalue weighted by Gasteiger charge is 2.14. The third kappa shape index (κ3) is 4.77. The van der Waals surface area contributed by atoms with Crippen LogP contribution in [0.1, 0.15) is 34.1 Å². The summed E-state index contributed by atoms with van der Waals surface area (Å²) >= 11 is 0. The normalized spacial score (nSPS) is 17.4. The van der Waals surface area contributed by atoms with Crippen molar-refractivity contribution in [2.24, 2.45) is 5.73 Å². The zero-order valence-corrected chi connectivity index (χ0v) is 7.57. The van der Waals surface area contributed by atoms with Gasteiger partial charge in [0.2, 0.25) is 0 Å². The van der Waals surface area contributed by atoms with Gasteiger partial charge in [-0.25, -0.2) is 0 Å². The standard InChI is InChI=1S/C8H20N2/c1-5-8(4,9)6-10-7(2)3/h7,10H,5-6,9H2,1-4H3. The van der Waals surface area contributed by atoms with Crippen molar-refractivity contribution in [2.45, 2.75) is 45.7 Å². The van der Waals surface area contributed by atoms with Gasteiger partial charge in [0.1, 0.15) is 0 Å². The van der Waals surface area contributed by atoms with Crippen LogP contribution in [0.3, 0.4) is 0 Å². The minimum Gasteiger partial charge on any atom is -0.324 e. The molecule has 0 bridgehead atoms. The Bertz CT molecular complexity index is 87.3. The van der Waals surface area contributed by atoms with Gasteiger partial charge in [-0.3, -0.25) is 0 Å². The highest BCUT2D eigenvalue weighted by Crippen LogP contribution is 2.01. The molecule has 0 spiro atoms. The van der Waals surface area contributed by atoms with Crippen LogP contribution >= 0.6 is 0 Å². The van der Waals surface area contributed by atoms with Crippen LogP contribution in [0.5, 0.6) is 0 Å². The average Bonchev–Trinajstić information content (AvgIpc) is 1.85. The number of nitrogens with two attached hydrogens (primary N) is 1. The summed E-state index contributed by atoms with van der Waals surface area (Å²) in [7, 11) is 0. The van der Waals surface area contributed by atoms with Crippen LogP contribution in [-0.4, -0.2) is 18.1 Å². The van der Waals surface area contributed by atoms with Gasteiger partial charge >= 0.3 is 0 Å². The highest BCUT2D eigenvalue weighted by molar-refractivity contribution is 4.79. The second-order valence-corrected chi connectivity index (χ2v) is 3.54. The molecule has 10 heavy (non-hydrogen) atoms. The first kappa shape index (κ1) is 9.92. The second kappa shape index (κ2) is 3.94. The molecule has 0 saturated carbocycles. The maximum Gasteiger partial charge on any atom is 0.0249 e. The molecule has 0 rings (SSSR count). The van der Waals surface area contributed by atoms with E-state index in [1.807, 2.05) is 0 Å². The molecule has 0 radical (unpaired) electrons. The molecule has 1 atom stereocenters. The molecule has 2 heteroatoms. The Labute approximate surface area is 64.2 Å². The van der Waals surface area contributed by atoms with Crippen molar-refractivity contribution in [2.75, 3.05) is 6.54 Å². The molecule has 0 aromatic heterocycles. The van der Waals surface area contributed by atoms with E-state index >= 15 is 0 Å². The minimum atomic E-state index is -0.0374. The van der Waals surface area contributed by atoms with Crippen LogP contribution in [-0.2, 0) is 0 Å². The molecule has 62 valence electrons. The average molecular weight is 144 g/mol. The monoisotopic (exact) mass is 144 g/mol. The third-order valence-corrected chi connectivity index (χ3v) is 1.72. The largest absolute Gasteiger partial charge is 0.324 e. The predicted octanol–water partition coefficient (Wildman–Crippen LogP) is 1.11. The van der Waals surface area contributed by atoms with Gasteiger partial charge in [-0.1, -0.05) is 20.8 Å². The van der Waals surface area contributed by atoms with Crippen molar-refractivity contribution in [3.63, 3.8) is 0 Å². The van der Waals surface area contributed by atoms with Crippen LogP contribution < -0.4 is 11.1 Å². The zero-order valence-electron chi connectivity index (χ0n) is 7.57. The summed E-state index contributed by atoms with van der Waals surface area (Å²) in [6.45, 7) is 9.35. The Morgan fingerprint density at radius 3 is 2.30 bits per heavy atom. The summed E-state index contributed by atoms with van der Waals surface area (Å²) in [4.78, 5) is 0. The Kier molecular flexibility index (Phi) is 3.91. The molecule has 1 unspecified atom stereocenters. The lowest BCUT2D eigenvalue weighted by Gasteiger charge is -2.24. The maximum atomic E-state index is 5.90. The first-order chi connectivity index (χ1) is 4.48. The van der Waals surface area contributed by atoms with Crippen LogP contribution in [0.25, 0.3) is 0 Å². The SMILES string of the molecule is CCC(C)(N)CNC(C)C. The lowest BCUT2D eigenvalue weighted by molar-refractivity contribution is 0.398. The number of hydrogen-bond donors (Lipinski definition) is 2. The fourth-order valence-corrected chi connectivity index (χ4v) is 0.562. The van der Waals surface area contributed by atoms with Gasteiger partial charge in [-0.05, 0) is 13.3 Å². The van der Waals surface area contributed by atoms with Crippen molar-refractivity contribution >= 4 is 0 Å². The summed E-state index contributed by atoms with van der Waals surface area (Å²) in [6.07, 6.45) is 1.02. The van der Waals surface area contributed by atoms with E-state index in [1.54, 1.807) is 0 Å². The summed E-state index contributed by atoms with van der Waals surface area (Å²) in [5.41, 5.74) is 5.86. The van der Waals surface area contributed by atoms with Crippen molar-refractivity contribution in [1.82, 2.24) is 5.32 Å². The van der Waals surface area contributed by atoms with Crippen LogP contribution in [0.15, 0.2) is 0 Å². The molecule has 0 aliphatic carbocycles. The number of rotatable bonds is 4. The molecule has 0 aromatic carbocycles. The summed E-state index contributed by atoms with van der Waals surface area (Å²) in [5, 5.41) is 3.31. The minimum absolute atomic E-state index is 0.0374. The van der Waals surface area contributed by atoms with E-state index in [4.69, 9.17) is 5.73 Å². The van der Waals surface area contributed by atoms with Gasteiger partial charge in [0.05, 0.1) is 0 Å². The maximum absolute atomic E-state index is 5.90. The number of hydrogen-bond acceptors (Lipinski definition) is 2. The topological polar surface area (TPSA) is 38.0 Å². The molecular weight excluding hydrogens is 124 g/mol. The Balaban J connectivity index is 3.46. The predicted molar refractivity (Wildman–Crippen MR) is 46.0 cm³/mol. The molecule has 0 aliphatic rings. The van der Waals surface area contributed by atoms with Gasteiger partial charge < -0.3 is 11.1 Å². The van der Waals surface area contributed by atoms with E-state index in [9.17, 15) is 0 Å². The first-order valence-electron chi connectivity index (χ1n) is 4.00. The molecule has 2 nitrogen and oxygen atoms in total. The van der Waals surface area contributed by atoms with E-state index < -0.39 is 0 Å². The fraction of sp³-hybridized carbons (Fsp3) is 1.00. The highest BCUT2D eigenvalue weighted by atomic mass is 14.9. The molecular formula is C8H20N2. The fourth-order valence-electron chi connectivity index (χ4n) is 0.562. The van der Waals surface area contributed by atoms with Crippen LogP contribution in [0, 0.1) is 0 Å².